The number of nitrogen functional groups attached to an aromatic ring is 1. The quantitative estimate of drug-likeness (QED) is 0.635. The fraction of sp³-hybridized carbons (Fsp3) is 0.250. The Morgan fingerprint density at radius 3 is 2.68 bits per heavy atom. The molecule has 0 atom stereocenters. The Morgan fingerprint density at radius 2 is 2.16 bits per heavy atom. The number of anilines is 1. The Bertz CT molecular complexity index is 530. The number of nitrogens with one attached hydrogen (secondary N) is 1. The molecule has 1 rings (SSSR count). The van der Waals surface area contributed by atoms with Gasteiger partial charge >= 0.3 is 6.36 Å². The Morgan fingerprint density at radius 1 is 1.47 bits per heavy atom. The molecule has 0 aromatic heterocycles. The Hall–Kier alpha value is -2.36. The van der Waals surface area contributed by atoms with Crippen LogP contribution in [-0.2, 0) is 4.79 Å². The van der Waals surface area contributed by atoms with Crippen molar-refractivity contribution in [2.75, 3.05) is 12.3 Å². The van der Waals surface area contributed by atoms with Crippen LogP contribution in [0.5, 0.6) is 5.75 Å². The van der Waals surface area contributed by atoms with E-state index >= 15 is 0 Å². The number of carbonyl (C=O) groups excluding carboxylic acids is 1. The summed E-state index contributed by atoms with van der Waals surface area (Å²) in [6.07, 6.45) is -4.78. The first-order chi connectivity index (χ1) is 8.78. The highest BCUT2D eigenvalue weighted by atomic mass is 19.4. The van der Waals surface area contributed by atoms with Crippen molar-refractivity contribution in [2.24, 2.45) is 0 Å². The molecule has 0 saturated heterocycles. The zero-order valence-electron chi connectivity index (χ0n) is 9.97. The van der Waals surface area contributed by atoms with Crippen LogP contribution >= 0.6 is 0 Å². The van der Waals surface area contributed by atoms with Crippen LogP contribution in [0.3, 0.4) is 0 Å². The minimum Gasteiger partial charge on any atom is -0.404 e. The van der Waals surface area contributed by atoms with Gasteiger partial charge in [-0.1, -0.05) is 11.8 Å². The van der Waals surface area contributed by atoms with Gasteiger partial charge in [-0.2, -0.15) is 0 Å². The molecule has 19 heavy (non-hydrogen) atoms. The van der Waals surface area contributed by atoms with Crippen molar-refractivity contribution < 1.29 is 22.7 Å². The van der Waals surface area contributed by atoms with E-state index in [9.17, 15) is 18.0 Å². The normalized spacial score (nSPS) is 10.3. The van der Waals surface area contributed by atoms with E-state index in [2.05, 4.69) is 21.9 Å². The van der Waals surface area contributed by atoms with E-state index in [1.807, 2.05) is 0 Å². The van der Waals surface area contributed by atoms with Crippen molar-refractivity contribution in [3.63, 3.8) is 0 Å². The third-order valence-electron chi connectivity index (χ3n) is 1.89. The van der Waals surface area contributed by atoms with Gasteiger partial charge in [0.25, 0.3) is 0 Å². The van der Waals surface area contributed by atoms with E-state index in [-0.39, 0.29) is 18.1 Å². The highest BCUT2D eigenvalue weighted by molar-refractivity contribution is 5.73. The molecule has 0 aliphatic carbocycles. The second-order valence-corrected chi connectivity index (χ2v) is 3.51. The van der Waals surface area contributed by atoms with E-state index in [1.54, 1.807) is 0 Å². The molecule has 0 heterocycles. The topological polar surface area (TPSA) is 64.3 Å². The fourth-order valence-electron chi connectivity index (χ4n) is 1.16. The smallest absolute Gasteiger partial charge is 0.404 e. The molecule has 1 amide bonds. The summed E-state index contributed by atoms with van der Waals surface area (Å²) in [4.78, 5) is 10.6. The second kappa shape index (κ2) is 6.00. The lowest BCUT2D eigenvalue weighted by Crippen LogP contribution is -2.19. The summed E-state index contributed by atoms with van der Waals surface area (Å²) in [7, 11) is 0. The number of nitrogens with two attached hydrogens (primary N) is 1. The average Bonchev–Trinajstić information content (AvgIpc) is 2.26. The molecule has 7 heteroatoms. The first-order valence-electron chi connectivity index (χ1n) is 5.16. The summed E-state index contributed by atoms with van der Waals surface area (Å²) in [5.74, 6) is 4.58. The first-order valence-corrected chi connectivity index (χ1v) is 5.16. The van der Waals surface area contributed by atoms with Gasteiger partial charge in [0.05, 0.1) is 12.2 Å². The standard InChI is InChI=1S/C12H11F3N2O2/c1-8(18)17-6-2-3-9-4-5-11(10(16)7-9)19-12(13,14)15/h4-5,7H,6,16H2,1H3,(H,17,18). The van der Waals surface area contributed by atoms with E-state index in [0.29, 0.717) is 5.56 Å². The van der Waals surface area contributed by atoms with Crippen molar-refractivity contribution in [1.82, 2.24) is 5.32 Å². The predicted octanol–water partition coefficient (Wildman–Crippen LogP) is 1.66. The Labute approximate surface area is 107 Å². The molecular formula is C12H11F3N2O2. The molecule has 1 aromatic rings. The first kappa shape index (κ1) is 14.7. The molecule has 4 nitrogen and oxygen atoms in total. The second-order valence-electron chi connectivity index (χ2n) is 3.51. The maximum Gasteiger partial charge on any atom is 0.573 e. The molecule has 102 valence electrons. The summed E-state index contributed by atoms with van der Waals surface area (Å²) < 4.78 is 39.7. The summed E-state index contributed by atoms with van der Waals surface area (Å²) in [6, 6.07) is 3.70. The number of carbonyl (C=O) groups is 1. The van der Waals surface area contributed by atoms with Gasteiger partial charge in [0, 0.05) is 12.5 Å². The Balaban J connectivity index is 2.74. The molecule has 0 aliphatic rings. The lowest BCUT2D eigenvalue weighted by molar-refractivity contribution is -0.274. The molecule has 1 aromatic carbocycles. The van der Waals surface area contributed by atoms with E-state index in [1.165, 1.54) is 19.1 Å². The van der Waals surface area contributed by atoms with Crippen LogP contribution in [0.4, 0.5) is 18.9 Å². The molecule has 0 radical (unpaired) electrons. The van der Waals surface area contributed by atoms with Gasteiger partial charge in [-0.15, -0.1) is 13.2 Å². The minimum absolute atomic E-state index is 0.149. The lowest BCUT2D eigenvalue weighted by atomic mass is 10.2. The van der Waals surface area contributed by atoms with Gasteiger partial charge in [0.1, 0.15) is 0 Å². The van der Waals surface area contributed by atoms with Gasteiger partial charge in [0.15, 0.2) is 5.75 Å². The highest BCUT2D eigenvalue weighted by Crippen LogP contribution is 2.28. The number of halogens is 3. The summed E-state index contributed by atoms with van der Waals surface area (Å²) in [6.45, 7) is 1.50. The molecule has 0 saturated carbocycles. The monoisotopic (exact) mass is 272 g/mol. The van der Waals surface area contributed by atoms with Gasteiger partial charge in [-0.05, 0) is 18.2 Å². The van der Waals surface area contributed by atoms with Crippen LogP contribution in [0.1, 0.15) is 12.5 Å². The number of rotatable bonds is 2. The number of hydrogen-bond acceptors (Lipinski definition) is 3. The molecule has 0 aliphatic heterocycles. The zero-order valence-corrected chi connectivity index (χ0v) is 9.97. The van der Waals surface area contributed by atoms with Crippen molar-refractivity contribution in [3.05, 3.63) is 23.8 Å². The summed E-state index contributed by atoms with van der Waals surface area (Å²) >= 11 is 0. The lowest BCUT2D eigenvalue weighted by Gasteiger charge is -2.10. The van der Waals surface area contributed by atoms with E-state index < -0.39 is 12.1 Å². The average molecular weight is 272 g/mol. The SMILES string of the molecule is CC(=O)NCC#Cc1ccc(OC(F)(F)F)c(N)c1. The van der Waals surface area contributed by atoms with E-state index in [0.717, 1.165) is 6.07 Å². The minimum atomic E-state index is -4.78. The highest BCUT2D eigenvalue weighted by Gasteiger charge is 2.31. The van der Waals surface area contributed by atoms with Crippen LogP contribution in [0.2, 0.25) is 0 Å². The molecular weight excluding hydrogens is 261 g/mol. The third kappa shape index (κ3) is 5.68. The number of alkyl halides is 3. The number of hydrogen-bond donors (Lipinski definition) is 2. The van der Waals surface area contributed by atoms with Crippen molar-refractivity contribution >= 4 is 11.6 Å². The molecule has 0 unspecified atom stereocenters. The van der Waals surface area contributed by atoms with Crippen LogP contribution in [0, 0.1) is 11.8 Å². The van der Waals surface area contributed by atoms with Crippen LogP contribution in [0.25, 0.3) is 0 Å². The van der Waals surface area contributed by atoms with Crippen molar-refractivity contribution in [2.45, 2.75) is 13.3 Å². The summed E-state index contributed by atoms with van der Waals surface area (Å²) in [5, 5.41) is 2.46. The Kier molecular flexibility index (Phi) is 4.64. The van der Waals surface area contributed by atoms with Gasteiger partial charge < -0.3 is 15.8 Å². The molecule has 0 fully saturated rings. The molecule has 3 N–H and O–H groups in total. The van der Waals surface area contributed by atoms with Crippen LogP contribution in [-0.4, -0.2) is 18.8 Å². The van der Waals surface area contributed by atoms with Crippen molar-refractivity contribution in [1.29, 1.82) is 0 Å². The largest absolute Gasteiger partial charge is 0.573 e. The maximum atomic E-state index is 12.0. The predicted molar refractivity (Wildman–Crippen MR) is 63.1 cm³/mol. The van der Waals surface area contributed by atoms with Crippen LogP contribution in [0.15, 0.2) is 18.2 Å². The zero-order chi connectivity index (χ0) is 14.5. The fourth-order valence-corrected chi connectivity index (χ4v) is 1.16. The van der Waals surface area contributed by atoms with Gasteiger partial charge in [0.2, 0.25) is 5.91 Å². The molecule has 0 bridgehead atoms. The van der Waals surface area contributed by atoms with E-state index in [4.69, 9.17) is 5.73 Å². The summed E-state index contributed by atoms with van der Waals surface area (Å²) in [5.41, 5.74) is 5.68. The number of ether oxygens (including phenoxy) is 1. The number of benzene rings is 1. The number of amides is 1. The maximum absolute atomic E-state index is 12.0. The van der Waals surface area contributed by atoms with Crippen LogP contribution < -0.4 is 15.8 Å². The molecule has 0 spiro atoms. The third-order valence-corrected chi connectivity index (χ3v) is 1.89. The van der Waals surface area contributed by atoms with Crippen molar-refractivity contribution in [3.8, 4) is 17.6 Å². The van der Waals surface area contributed by atoms with Gasteiger partial charge in [-0.25, -0.2) is 0 Å². The van der Waals surface area contributed by atoms with Gasteiger partial charge in [-0.3, -0.25) is 4.79 Å².